The van der Waals surface area contributed by atoms with Crippen molar-refractivity contribution in [3.05, 3.63) is 48.3 Å². The first-order chi connectivity index (χ1) is 13.6. The number of carbonyl (C=O) groups excluding carboxylic acids is 1. The van der Waals surface area contributed by atoms with E-state index in [0.29, 0.717) is 11.8 Å². The predicted octanol–water partition coefficient (Wildman–Crippen LogP) is 2.92. The summed E-state index contributed by atoms with van der Waals surface area (Å²) in [6, 6.07) is 9.69. The molecule has 0 saturated carbocycles. The van der Waals surface area contributed by atoms with E-state index in [9.17, 15) is 4.79 Å². The average molecular weight is 400 g/mol. The molecular weight excluding hydrogens is 370 g/mol. The van der Waals surface area contributed by atoms with Crippen molar-refractivity contribution in [2.75, 3.05) is 44.2 Å². The van der Waals surface area contributed by atoms with Gasteiger partial charge in [-0.2, -0.15) is 0 Å². The summed E-state index contributed by atoms with van der Waals surface area (Å²) >= 11 is 1.73. The molecule has 150 valence electrons. The first kappa shape index (κ1) is 20.6. The molecule has 28 heavy (non-hydrogen) atoms. The Labute approximate surface area is 171 Å². The Balaban J connectivity index is 1.38. The van der Waals surface area contributed by atoms with Crippen LogP contribution in [0.3, 0.4) is 0 Å². The molecular formula is C21H29N5OS. The normalized spacial score (nSPS) is 15.0. The van der Waals surface area contributed by atoms with Crippen molar-refractivity contribution in [2.45, 2.75) is 30.4 Å². The molecule has 6 nitrogen and oxygen atoms in total. The molecule has 0 radical (unpaired) electrons. The maximum atomic E-state index is 12.5. The minimum absolute atomic E-state index is 0.0230. The summed E-state index contributed by atoms with van der Waals surface area (Å²) in [5, 5.41) is 3.53. The van der Waals surface area contributed by atoms with Crippen LogP contribution in [0.2, 0.25) is 0 Å². The number of amides is 1. The van der Waals surface area contributed by atoms with Crippen molar-refractivity contribution in [1.29, 1.82) is 0 Å². The smallest absolute Gasteiger partial charge is 0.252 e. The van der Waals surface area contributed by atoms with Crippen LogP contribution in [0.15, 0.2) is 47.6 Å². The number of anilines is 1. The number of thioether (sulfide) groups is 1. The zero-order valence-corrected chi connectivity index (χ0v) is 17.5. The van der Waals surface area contributed by atoms with Gasteiger partial charge in [-0.25, -0.2) is 9.97 Å². The van der Waals surface area contributed by atoms with Crippen LogP contribution in [0.5, 0.6) is 0 Å². The lowest BCUT2D eigenvalue weighted by molar-refractivity contribution is 0.0948. The van der Waals surface area contributed by atoms with E-state index in [2.05, 4.69) is 38.9 Å². The summed E-state index contributed by atoms with van der Waals surface area (Å²) in [6.07, 6.45) is 4.53. The number of hydrogen-bond donors (Lipinski definition) is 1. The predicted molar refractivity (Wildman–Crippen MR) is 115 cm³/mol. The molecule has 1 saturated heterocycles. The molecule has 7 heteroatoms. The van der Waals surface area contributed by atoms with Crippen molar-refractivity contribution in [2.24, 2.45) is 0 Å². The second kappa shape index (κ2) is 10.4. The van der Waals surface area contributed by atoms with Gasteiger partial charge in [0.25, 0.3) is 5.91 Å². The lowest BCUT2D eigenvalue weighted by Gasteiger charge is -2.34. The lowest BCUT2D eigenvalue weighted by Crippen LogP contribution is -2.47. The number of carbonyl (C=O) groups is 1. The van der Waals surface area contributed by atoms with Gasteiger partial charge in [-0.05, 0) is 31.2 Å². The van der Waals surface area contributed by atoms with Gasteiger partial charge >= 0.3 is 0 Å². The molecule has 1 aliphatic rings. The minimum atomic E-state index is 0.0230. The van der Waals surface area contributed by atoms with Crippen molar-refractivity contribution in [1.82, 2.24) is 20.2 Å². The van der Waals surface area contributed by atoms with E-state index < -0.39 is 0 Å². The minimum Gasteiger partial charge on any atom is -0.352 e. The number of benzene rings is 1. The highest BCUT2D eigenvalue weighted by atomic mass is 32.2. The number of nitrogens with one attached hydrogen (secondary N) is 1. The summed E-state index contributed by atoms with van der Waals surface area (Å²) in [5.74, 6) is 0.835. The Hall–Kier alpha value is -2.12. The summed E-state index contributed by atoms with van der Waals surface area (Å²) in [4.78, 5) is 26.9. The third kappa shape index (κ3) is 5.94. The van der Waals surface area contributed by atoms with Gasteiger partial charge in [0.05, 0.1) is 5.56 Å². The molecule has 1 N–H and O–H groups in total. The maximum Gasteiger partial charge on any atom is 0.252 e. The molecule has 1 fully saturated rings. The molecule has 0 unspecified atom stereocenters. The summed E-state index contributed by atoms with van der Waals surface area (Å²) < 4.78 is 0. The number of piperazine rings is 1. The van der Waals surface area contributed by atoms with E-state index in [1.54, 1.807) is 24.2 Å². The molecule has 0 bridgehead atoms. The van der Waals surface area contributed by atoms with Crippen LogP contribution in [0, 0.1) is 0 Å². The molecule has 2 heterocycles. The van der Waals surface area contributed by atoms with E-state index in [1.165, 1.54) is 0 Å². The molecule has 3 rings (SSSR count). The van der Waals surface area contributed by atoms with Gasteiger partial charge < -0.3 is 10.2 Å². The van der Waals surface area contributed by atoms with Crippen LogP contribution in [0.25, 0.3) is 0 Å². The highest BCUT2D eigenvalue weighted by Crippen LogP contribution is 2.26. The Morgan fingerprint density at radius 2 is 1.82 bits per heavy atom. The Morgan fingerprint density at radius 3 is 2.54 bits per heavy atom. The second-order valence-electron chi connectivity index (χ2n) is 7.15. The first-order valence-corrected chi connectivity index (χ1v) is 10.8. The van der Waals surface area contributed by atoms with Crippen LogP contribution in [-0.4, -0.2) is 65.3 Å². The number of rotatable bonds is 8. The van der Waals surface area contributed by atoms with Crippen LogP contribution in [0.4, 0.5) is 5.95 Å². The first-order valence-electron chi connectivity index (χ1n) is 9.91. The average Bonchev–Trinajstić information content (AvgIpc) is 2.72. The van der Waals surface area contributed by atoms with E-state index in [1.807, 2.05) is 30.3 Å². The van der Waals surface area contributed by atoms with E-state index in [-0.39, 0.29) is 5.91 Å². The van der Waals surface area contributed by atoms with Gasteiger partial charge in [-0.1, -0.05) is 26.0 Å². The standard InChI is InChI=1S/C21H29N5OS/c1-17(2)28-19-8-4-3-7-18(19)20(27)22-11-6-12-25-13-15-26(16-14-25)21-23-9-5-10-24-21/h3-5,7-10,17H,6,11-16H2,1-2H3,(H,22,27). The van der Waals surface area contributed by atoms with Crippen LogP contribution >= 0.6 is 11.8 Å². The van der Waals surface area contributed by atoms with Crippen molar-refractivity contribution >= 4 is 23.6 Å². The van der Waals surface area contributed by atoms with Crippen LogP contribution in [0.1, 0.15) is 30.6 Å². The fourth-order valence-corrected chi connectivity index (χ4v) is 4.19. The van der Waals surface area contributed by atoms with Gasteiger partial charge in [0.1, 0.15) is 0 Å². The SMILES string of the molecule is CC(C)Sc1ccccc1C(=O)NCCCN1CCN(c2ncccn2)CC1. The van der Waals surface area contributed by atoms with Gasteiger partial charge in [-0.3, -0.25) is 9.69 Å². The lowest BCUT2D eigenvalue weighted by atomic mass is 10.2. The second-order valence-corrected chi connectivity index (χ2v) is 8.77. The zero-order chi connectivity index (χ0) is 19.8. The molecule has 0 aliphatic carbocycles. The number of nitrogens with zero attached hydrogens (tertiary/aromatic N) is 4. The topological polar surface area (TPSA) is 61.4 Å². The Bertz CT molecular complexity index is 747. The van der Waals surface area contributed by atoms with Gasteiger partial charge in [0.15, 0.2) is 0 Å². The molecule has 1 aromatic carbocycles. The molecule has 0 atom stereocenters. The Morgan fingerprint density at radius 1 is 1.11 bits per heavy atom. The van der Waals surface area contributed by atoms with Crippen LogP contribution in [-0.2, 0) is 0 Å². The number of hydrogen-bond acceptors (Lipinski definition) is 6. The van der Waals surface area contributed by atoms with E-state index in [4.69, 9.17) is 0 Å². The fraction of sp³-hybridized carbons (Fsp3) is 0.476. The molecule has 1 amide bonds. The monoisotopic (exact) mass is 399 g/mol. The van der Waals surface area contributed by atoms with Crippen molar-refractivity contribution in [3.63, 3.8) is 0 Å². The van der Waals surface area contributed by atoms with E-state index >= 15 is 0 Å². The summed E-state index contributed by atoms with van der Waals surface area (Å²) in [7, 11) is 0. The third-order valence-corrected chi connectivity index (χ3v) is 5.72. The van der Waals surface area contributed by atoms with E-state index in [0.717, 1.165) is 55.6 Å². The van der Waals surface area contributed by atoms with Crippen LogP contribution < -0.4 is 10.2 Å². The van der Waals surface area contributed by atoms with Gasteiger partial charge in [0.2, 0.25) is 5.95 Å². The van der Waals surface area contributed by atoms with Crippen molar-refractivity contribution < 1.29 is 4.79 Å². The third-order valence-electron chi connectivity index (χ3n) is 4.64. The molecule has 2 aromatic rings. The van der Waals surface area contributed by atoms with Crippen molar-refractivity contribution in [3.8, 4) is 0 Å². The molecule has 1 aromatic heterocycles. The molecule has 0 spiro atoms. The number of aromatic nitrogens is 2. The zero-order valence-electron chi connectivity index (χ0n) is 16.7. The quantitative estimate of drug-likeness (QED) is 0.544. The Kier molecular flexibility index (Phi) is 7.68. The van der Waals surface area contributed by atoms with Gasteiger partial charge in [-0.15, -0.1) is 11.8 Å². The summed E-state index contributed by atoms with van der Waals surface area (Å²) in [6.45, 7) is 9.85. The summed E-state index contributed by atoms with van der Waals surface area (Å²) in [5.41, 5.74) is 0.776. The highest BCUT2D eigenvalue weighted by molar-refractivity contribution is 8.00. The largest absolute Gasteiger partial charge is 0.352 e. The maximum absolute atomic E-state index is 12.5. The van der Waals surface area contributed by atoms with Gasteiger partial charge in [0, 0.05) is 55.3 Å². The highest BCUT2D eigenvalue weighted by Gasteiger charge is 2.18. The fourth-order valence-electron chi connectivity index (χ4n) is 3.24. The molecule has 1 aliphatic heterocycles.